The minimum absolute atomic E-state index is 0.0432. The van der Waals surface area contributed by atoms with Crippen molar-refractivity contribution in [1.82, 2.24) is 0 Å². The zero-order valence-electron chi connectivity index (χ0n) is 11.4. The Labute approximate surface area is 117 Å². The summed E-state index contributed by atoms with van der Waals surface area (Å²) in [5, 5.41) is 18.4. The van der Waals surface area contributed by atoms with E-state index in [1.807, 2.05) is 0 Å². The molecule has 20 heavy (non-hydrogen) atoms. The monoisotopic (exact) mass is 272 g/mol. The van der Waals surface area contributed by atoms with E-state index >= 15 is 0 Å². The summed E-state index contributed by atoms with van der Waals surface area (Å²) in [6.07, 6.45) is 3.01. The number of aliphatic carboxylic acids is 1. The lowest BCUT2D eigenvalue weighted by Gasteiger charge is -2.08. The summed E-state index contributed by atoms with van der Waals surface area (Å²) in [4.78, 5) is 22.5. The highest BCUT2D eigenvalue weighted by molar-refractivity contribution is 6.02. The molecule has 0 heterocycles. The molecule has 0 atom stereocenters. The quantitative estimate of drug-likeness (QED) is 0.636. The van der Waals surface area contributed by atoms with Crippen LogP contribution in [0.25, 0.3) is 5.57 Å². The zero-order valence-corrected chi connectivity index (χ0v) is 11.4. The van der Waals surface area contributed by atoms with Gasteiger partial charge in [-0.05, 0) is 37.1 Å². The molecule has 0 radical (unpaired) electrons. The van der Waals surface area contributed by atoms with Gasteiger partial charge in [-0.25, -0.2) is 9.59 Å². The van der Waals surface area contributed by atoms with Gasteiger partial charge in [0.15, 0.2) is 0 Å². The molecule has 0 amide bonds. The Morgan fingerprint density at radius 2 is 1.60 bits per heavy atom. The van der Waals surface area contributed by atoms with Crippen molar-refractivity contribution < 1.29 is 19.8 Å². The molecule has 0 aliphatic heterocycles. The fourth-order valence-electron chi connectivity index (χ4n) is 1.72. The van der Waals surface area contributed by atoms with Gasteiger partial charge in [-0.2, -0.15) is 0 Å². The second-order valence-electron chi connectivity index (χ2n) is 4.37. The summed E-state index contributed by atoms with van der Waals surface area (Å²) < 4.78 is 0. The third-order valence-corrected chi connectivity index (χ3v) is 2.73. The first-order chi connectivity index (χ1) is 9.34. The van der Waals surface area contributed by atoms with E-state index in [1.165, 1.54) is 12.1 Å². The molecule has 2 N–H and O–H groups in total. The van der Waals surface area contributed by atoms with Gasteiger partial charge in [0.1, 0.15) is 0 Å². The standard InChI is InChI=1S/C16H16O4/c1-10(2)8-9-13(15(17)18)11(3)12-6-4-5-7-14(12)16(19)20/h4-9H,1H2,2-3H3,(H,17,18)(H,19,20). The van der Waals surface area contributed by atoms with Gasteiger partial charge in [-0.15, -0.1) is 0 Å². The minimum Gasteiger partial charge on any atom is -0.478 e. The van der Waals surface area contributed by atoms with Crippen LogP contribution in [-0.4, -0.2) is 22.2 Å². The van der Waals surface area contributed by atoms with Crippen LogP contribution in [0.5, 0.6) is 0 Å². The summed E-state index contributed by atoms with van der Waals surface area (Å²) >= 11 is 0. The molecule has 4 nitrogen and oxygen atoms in total. The predicted molar refractivity (Wildman–Crippen MR) is 77.6 cm³/mol. The molecule has 1 aromatic carbocycles. The van der Waals surface area contributed by atoms with E-state index in [1.54, 1.807) is 38.1 Å². The van der Waals surface area contributed by atoms with Crippen molar-refractivity contribution in [1.29, 1.82) is 0 Å². The van der Waals surface area contributed by atoms with Crippen molar-refractivity contribution in [2.45, 2.75) is 13.8 Å². The molecule has 1 rings (SSSR count). The maximum atomic E-state index is 11.3. The first-order valence-electron chi connectivity index (χ1n) is 5.95. The van der Waals surface area contributed by atoms with Gasteiger partial charge in [-0.3, -0.25) is 0 Å². The van der Waals surface area contributed by atoms with Crippen molar-refractivity contribution in [2.24, 2.45) is 0 Å². The Kier molecular flexibility index (Phi) is 5.03. The van der Waals surface area contributed by atoms with Gasteiger partial charge in [-0.1, -0.05) is 36.4 Å². The highest BCUT2D eigenvalue weighted by atomic mass is 16.4. The lowest BCUT2D eigenvalue weighted by Crippen LogP contribution is -2.05. The van der Waals surface area contributed by atoms with Crippen LogP contribution in [0.1, 0.15) is 29.8 Å². The molecule has 0 bridgehead atoms. The number of benzene rings is 1. The lowest BCUT2D eigenvalue weighted by atomic mass is 9.96. The van der Waals surface area contributed by atoms with E-state index in [0.717, 1.165) is 0 Å². The third-order valence-electron chi connectivity index (χ3n) is 2.73. The van der Waals surface area contributed by atoms with Crippen LogP contribution < -0.4 is 0 Å². The van der Waals surface area contributed by atoms with Crippen LogP contribution in [0.4, 0.5) is 0 Å². The number of carboxylic acids is 2. The van der Waals surface area contributed by atoms with E-state index in [9.17, 15) is 14.7 Å². The van der Waals surface area contributed by atoms with Gasteiger partial charge >= 0.3 is 11.9 Å². The summed E-state index contributed by atoms with van der Waals surface area (Å²) in [6.45, 7) is 7.01. The predicted octanol–water partition coefficient (Wildman–Crippen LogP) is 3.38. The molecule has 0 aliphatic rings. The molecule has 0 aromatic heterocycles. The fourth-order valence-corrected chi connectivity index (χ4v) is 1.72. The van der Waals surface area contributed by atoms with Crippen molar-refractivity contribution in [3.63, 3.8) is 0 Å². The molecular weight excluding hydrogens is 256 g/mol. The molecule has 0 saturated carbocycles. The number of carbonyl (C=O) groups is 2. The molecule has 1 aromatic rings. The van der Waals surface area contributed by atoms with Crippen molar-refractivity contribution in [2.75, 3.05) is 0 Å². The Bertz CT molecular complexity index is 621. The second kappa shape index (κ2) is 6.52. The van der Waals surface area contributed by atoms with Crippen LogP contribution in [0.15, 0.2) is 54.1 Å². The van der Waals surface area contributed by atoms with E-state index in [-0.39, 0.29) is 11.1 Å². The fraction of sp³-hybridized carbons (Fsp3) is 0.125. The molecule has 4 heteroatoms. The van der Waals surface area contributed by atoms with E-state index in [4.69, 9.17) is 5.11 Å². The third kappa shape index (κ3) is 3.68. The van der Waals surface area contributed by atoms with E-state index in [0.29, 0.717) is 16.7 Å². The molecular formula is C16H16O4. The maximum absolute atomic E-state index is 11.3. The second-order valence-corrected chi connectivity index (χ2v) is 4.37. The van der Waals surface area contributed by atoms with Gasteiger partial charge in [0.25, 0.3) is 0 Å². The Morgan fingerprint density at radius 3 is 2.05 bits per heavy atom. The first kappa shape index (κ1) is 15.4. The van der Waals surface area contributed by atoms with Crippen LogP contribution in [0.3, 0.4) is 0 Å². The summed E-state index contributed by atoms with van der Waals surface area (Å²) in [6, 6.07) is 6.32. The van der Waals surface area contributed by atoms with Crippen LogP contribution in [0.2, 0.25) is 0 Å². The van der Waals surface area contributed by atoms with Crippen LogP contribution in [0, 0.1) is 0 Å². The topological polar surface area (TPSA) is 74.6 Å². The normalized spacial score (nSPS) is 12.1. The number of allylic oxidation sites excluding steroid dienone is 3. The number of hydrogen-bond donors (Lipinski definition) is 2. The van der Waals surface area contributed by atoms with Gasteiger partial charge in [0, 0.05) is 0 Å². The average Bonchev–Trinajstić information content (AvgIpc) is 2.37. The SMILES string of the molecule is C=C(C)C=CC(C(=O)O)=C(C)c1ccccc1C(=O)O. The highest BCUT2D eigenvalue weighted by Crippen LogP contribution is 2.23. The van der Waals surface area contributed by atoms with Crippen LogP contribution in [-0.2, 0) is 4.79 Å². The Hall–Kier alpha value is -2.62. The van der Waals surface area contributed by atoms with Crippen molar-refractivity contribution >= 4 is 17.5 Å². The maximum Gasteiger partial charge on any atom is 0.336 e. The van der Waals surface area contributed by atoms with Crippen LogP contribution >= 0.6 is 0 Å². The molecule has 0 aliphatic carbocycles. The number of rotatable bonds is 5. The molecule has 0 unspecified atom stereocenters. The summed E-state index contributed by atoms with van der Waals surface area (Å²) in [5.74, 6) is -2.20. The first-order valence-corrected chi connectivity index (χ1v) is 5.95. The molecule has 0 fully saturated rings. The van der Waals surface area contributed by atoms with E-state index < -0.39 is 11.9 Å². The zero-order chi connectivity index (χ0) is 15.3. The summed E-state index contributed by atoms with van der Waals surface area (Å²) in [5.41, 5.74) is 1.62. The Balaban J connectivity index is 3.47. The minimum atomic E-state index is -1.11. The highest BCUT2D eigenvalue weighted by Gasteiger charge is 2.15. The van der Waals surface area contributed by atoms with Crippen molar-refractivity contribution in [3.05, 3.63) is 65.3 Å². The van der Waals surface area contributed by atoms with Crippen molar-refractivity contribution in [3.8, 4) is 0 Å². The Morgan fingerprint density at radius 1 is 1.05 bits per heavy atom. The van der Waals surface area contributed by atoms with Gasteiger partial charge < -0.3 is 10.2 Å². The molecule has 104 valence electrons. The average molecular weight is 272 g/mol. The van der Waals surface area contributed by atoms with Gasteiger partial charge in [0.2, 0.25) is 0 Å². The smallest absolute Gasteiger partial charge is 0.336 e. The largest absolute Gasteiger partial charge is 0.478 e. The number of carboxylic acid groups (broad SMARTS) is 2. The molecule has 0 saturated heterocycles. The van der Waals surface area contributed by atoms with E-state index in [2.05, 4.69) is 6.58 Å². The summed E-state index contributed by atoms with van der Waals surface area (Å²) in [7, 11) is 0. The number of aromatic carboxylic acids is 1. The number of hydrogen-bond acceptors (Lipinski definition) is 2. The molecule has 0 spiro atoms. The lowest BCUT2D eigenvalue weighted by molar-refractivity contribution is -0.132. The van der Waals surface area contributed by atoms with Gasteiger partial charge in [0.05, 0.1) is 11.1 Å².